The first-order valence-electron chi connectivity index (χ1n) is 8.21. The summed E-state index contributed by atoms with van der Waals surface area (Å²) < 4.78 is 33.7. The summed E-state index contributed by atoms with van der Waals surface area (Å²) in [6.45, 7) is 6.72. The van der Waals surface area contributed by atoms with Gasteiger partial charge in [-0.3, -0.25) is 4.90 Å². The van der Waals surface area contributed by atoms with Gasteiger partial charge in [0.15, 0.2) is 0 Å². The van der Waals surface area contributed by atoms with Crippen molar-refractivity contribution in [2.24, 2.45) is 0 Å². The van der Waals surface area contributed by atoms with Crippen molar-refractivity contribution in [1.82, 2.24) is 13.5 Å². The maximum absolute atomic E-state index is 12.7. The van der Waals surface area contributed by atoms with Crippen LogP contribution >= 0.6 is 0 Å². The van der Waals surface area contributed by atoms with Gasteiger partial charge in [0.25, 0.3) is 10.2 Å². The molecule has 0 bridgehead atoms. The second-order valence-electron chi connectivity index (χ2n) is 6.04. The van der Waals surface area contributed by atoms with E-state index in [4.69, 9.17) is 4.74 Å². The Bertz CT molecular complexity index is 594. The van der Waals surface area contributed by atoms with Crippen LogP contribution < -0.4 is 0 Å². The van der Waals surface area contributed by atoms with Crippen LogP contribution in [0.15, 0.2) is 30.3 Å². The van der Waals surface area contributed by atoms with E-state index in [9.17, 15) is 8.42 Å². The summed E-state index contributed by atoms with van der Waals surface area (Å²) in [5, 5.41) is 0. The first kappa shape index (κ1) is 16.9. The van der Waals surface area contributed by atoms with E-state index in [1.54, 1.807) is 8.61 Å². The highest BCUT2D eigenvalue weighted by atomic mass is 32.2. The van der Waals surface area contributed by atoms with Gasteiger partial charge >= 0.3 is 0 Å². The Balaban J connectivity index is 1.59. The number of benzene rings is 1. The summed E-state index contributed by atoms with van der Waals surface area (Å²) in [6.07, 6.45) is 0. The van der Waals surface area contributed by atoms with Gasteiger partial charge in [-0.05, 0) is 12.5 Å². The van der Waals surface area contributed by atoms with E-state index in [0.717, 1.165) is 13.1 Å². The quantitative estimate of drug-likeness (QED) is 0.819. The summed E-state index contributed by atoms with van der Waals surface area (Å²) in [5.74, 6) is 0. The molecule has 1 unspecified atom stereocenters. The summed E-state index contributed by atoms with van der Waals surface area (Å²) in [7, 11) is -3.34. The van der Waals surface area contributed by atoms with Crippen LogP contribution in [0.4, 0.5) is 0 Å². The van der Waals surface area contributed by atoms with E-state index < -0.39 is 10.2 Å². The van der Waals surface area contributed by atoms with Crippen molar-refractivity contribution in [3.05, 3.63) is 35.9 Å². The SMILES string of the molecule is CC(c1ccccc1)N1CCN(S(=O)(=O)N2CCOCC2)CC1. The molecule has 1 atom stereocenters. The van der Waals surface area contributed by atoms with Gasteiger partial charge < -0.3 is 4.74 Å². The van der Waals surface area contributed by atoms with E-state index in [-0.39, 0.29) is 0 Å². The molecule has 2 fully saturated rings. The molecule has 1 aromatic carbocycles. The molecule has 128 valence electrons. The standard InChI is InChI=1S/C16H25N3O3S/c1-15(16-5-3-2-4-6-16)17-7-9-18(10-8-17)23(20,21)19-11-13-22-14-12-19/h2-6,15H,7-14H2,1H3. The van der Waals surface area contributed by atoms with Crippen molar-refractivity contribution in [1.29, 1.82) is 0 Å². The molecule has 2 saturated heterocycles. The fourth-order valence-electron chi connectivity index (χ4n) is 3.20. The molecule has 0 aromatic heterocycles. The Morgan fingerprint density at radius 3 is 2.09 bits per heavy atom. The third-order valence-electron chi connectivity index (χ3n) is 4.73. The minimum Gasteiger partial charge on any atom is -0.379 e. The monoisotopic (exact) mass is 339 g/mol. The third-order valence-corrected chi connectivity index (χ3v) is 6.76. The van der Waals surface area contributed by atoms with Crippen LogP contribution in [0.3, 0.4) is 0 Å². The van der Waals surface area contributed by atoms with Crippen molar-refractivity contribution in [2.45, 2.75) is 13.0 Å². The molecule has 0 saturated carbocycles. The maximum atomic E-state index is 12.7. The van der Waals surface area contributed by atoms with Crippen molar-refractivity contribution in [3.8, 4) is 0 Å². The molecule has 0 radical (unpaired) electrons. The Kier molecular flexibility index (Phi) is 5.33. The van der Waals surface area contributed by atoms with Crippen LogP contribution in [0, 0.1) is 0 Å². The van der Waals surface area contributed by atoms with Crippen LogP contribution in [-0.2, 0) is 14.9 Å². The summed E-state index contributed by atoms with van der Waals surface area (Å²) in [5.41, 5.74) is 1.27. The van der Waals surface area contributed by atoms with Gasteiger partial charge in [-0.25, -0.2) is 0 Å². The minimum atomic E-state index is -3.34. The third kappa shape index (κ3) is 3.75. The van der Waals surface area contributed by atoms with E-state index in [1.807, 2.05) is 18.2 Å². The predicted octanol–water partition coefficient (Wildman–Crippen LogP) is 0.942. The van der Waals surface area contributed by atoms with E-state index in [2.05, 4.69) is 24.0 Å². The maximum Gasteiger partial charge on any atom is 0.282 e. The molecule has 2 aliphatic heterocycles. The number of piperazine rings is 1. The van der Waals surface area contributed by atoms with E-state index >= 15 is 0 Å². The second-order valence-corrected chi connectivity index (χ2v) is 7.97. The predicted molar refractivity (Wildman–Crippen MR) is 89.3 cm³/mol. The lowest BCUT2D eigenvalue weighted by Crippen LogP contribution is -2.55. The minimum absolute atomic E-state index is 0.310. The van der Waals surface area contributed by atoms with Gasteiger partial charge in [0.05, 0.1) is 13.2 Å². The smallest absolute Gasteiger partial charge is 0.282 e. The molecule has 3 rings (SSSR count). The lowest BCUT2D eigenvalue weighted by atomic mass is 10.1. The molecule has 7 heteroatoms. The Hall–Kier alpha value is -0.990. The lowest BCUT2D eigenvalue weighted by molar-refractivity contribution is 0.0675. The van der Waals surface area contributed by atoms with Gasteiger partial charge in [-0.15, -0.1) is 0 Å². The zero-order valence-corrected chi connectivity index (χ0v) is 14.4. The molecule has 6 nitrogen and oxygen atoms in total. The number of ether oxygens (including phenoxy) is 1. The van der Waals surface area contributed by atoms with Crippen LogP contribution in [0.5, 0.6) is 0 Å². The van der Waals surface area contributed by atoms with Crippen molar-refractivity contribution >= 4 is 10.2 Å². The highest BCUT2D eigenvalue weighted by Gasteiger charge is 2.34. The lowest BCUT2D eigenvalue weighted by Gasteiger charge is -2.39. The molecule has 0 N–H and O–H groups in total. The first-order valence-corrected chi connectivity index (χ1v) is 9.61. The Morgan fingerprint density at radius 2 is 1.48 bits per heavy atom. The number of nitrogens with zero attached hydrogens (tertiary/aromatic N) is 3. The van der Waals surface area contributed by atoms with Crippen LogP contribution in [0.2, 0.25) is 0 Å². The highest BCUT2D eigenvalue weighted by molar-refractivity contribution is 7.86. The first-order chi connectivity index (χ1) is 11.1. The van der Waals surface area contributed by atoms with Gasteiger partial charge in [0.2, 0.25) is 0 Å². The Morgan fingerprint density at radius 1 is 0.913 bits per heavy atom. The molecule has 23 heavy (non-hydrogen) atoms. The van der Waals surface area contributed by atoms with E-state index in [1.165, 1.54) is 5.56 Å². The number of hydrogen-bond acceptors (Lipinski definition) is 4. The zero-order chi connectivity index (χ0) is 16.3. The fraction of sp³-hybridized carbons (Fsp3) is 0.625. The van der Waals surface area contributed by atoms with Crippen molar-refractivity contribution < 1.29 is 13.2 Å². The van der Waals surface area contributed by atoms with Crippen LogP contribution in [0.25, 0.3) is 0 Å². The van der Waals surface area contributed by atoms with E-state index in [0.29, 0.717) is 45.4 Å². The number of hydrogen-bond donors (Lipinski definition) is 0. The van der Waals surface area contributed by atoms with Gasteiger partial charge in [-0.2, -0.15) is 17.0 Å². The van der Waals surface area contributed by atoms with Gasteiger partial charge in [0.1, 0.15) is 0 Å². The van der Waals surface area contributed by atoms with Crippen molar-refractivity contribution in [2.75, 3.05) is 52.5 Å². The van der Waals surface area contributed by atoms with Crippen LogP contribution in [0.1, 0.15) is 18.5 Å². The topological polar surface area (TPSA) is 53.1 Å². The average Bonchev–Trinajstić information content (AvgIpc) is 2.63. The fourth-order valence-corrected chi connectivity index (χ4v) is 4.77. The van der Waals surface area contributed by atoms with Crippen LogP contribution in [-0.4, -0.2) is 74.4 Å². The Labute approximate surface area is 138 Å². The average molecular weight is 339 g/mol. The summed E-state index contributed by atoms with van der Waals surface area (Å²) in [4.78, 5) is 2.35. The largest absolute Gasteiger partial charge is 0.379 e. The molecule has 2 heterocycles. The summed E-state index contributed by atoms with van der Waals surface area (Å²) in [6, 6.07) is 10.7. The number of rotatable bonds is 4. The highest BCUT2D eigenvalue weighted by Crippen LogP contribution is 2.22. The molecule has 0 aliphatic carbocycles. The zero-order valence-electron chi connectivity index (χ0n) is 13.6. The molecule has 1 aromatic rings. The molecular weight excluding hydrogens is 314 g/mol. The molecular formula is C16H25N3O3S. The molecule has 0 spiro atoms. The second kappa shape index (κ2) is 7.27. The van der Waals surface area contributed by atoms with Crippen molar-refractivity contribution in [3.63, 3.8) is 0 Å². The molecule has 0 amide bonds. The molecule has 2 aliphatic rings. The normalized spacial score (nSPS) is 23.7. The summed E-state index contributed by atoms with van der Waals surface area (Å²) >= 11 is 0. The number of morpholine rings is 1. The van der Waals surface area contributed by atoms with Gasteiger partial charge in [0, 0.05) is 45.3 Å². The van der Waals surface area contributed by atoms with Gasteiger partial charge in [-0.1, -0.05) is 30.3 Å².